The van der Waals surface area contributed by atoms with Gasteiger partial charge in [-0.25, -0.2) is 8.42 Å². The Morgan fingerprint density at radius 2 is 1.58 bits per heavy atom. The molecule has 0 radical (unpaired) electrons. The van der Waals surface area contributed by atoms with Crippen molar-refractivity contribution in [3.63, 3.8) is 0 Å². The van der Waals surface area contributed by atoms with Crippen molar-refractivity contribution in [3.05, 3.63) is 60.7 Å². The van der Waals surface area contributed by atoms with Crippen LogP contribution in [-0.4, -0.2) is 35.9 Å². The van der Waals surface area contributed by atoms with E-state index in [1.807, 2.05) is 24.3 Å². The van der Waals surface area contributed by atoms with E-state index in [9.17, 15) is 8.42 Å². The summed E-state index contributed by atoms with van der Waals surface area (Å²) in [4.78, 5) is 0.0959. The lowest BCUT2D eigenvalue weighted by molar-refractivity contribution is 0.297. The zero-order valence-corrected chi connectivity index (χ0v) is 18.1. The molecule has 4 rings (SSSR count). The van der Waals surface area contributed by atoms with Gasteiger partial charge in [0, 0.05) is 23.7 Å². The molecule has 8 heteroatoms. The Morgan fingerprint density at radius 3 is 2.29 bits per heavy atom. The molecule has 1 aliphatic rings. The van der Waals surface area contributed by atoms with Gasteiger partial charge in [0.1, 0.15) is 11.5 Å². The minimum atomic E-state index is -3.83. The lowest BCUT2D eigenvalue weighted by atomic mass is 10.0. The Bertz CT molecular complexity index is 1180. The number of hydrogen-bond donors (Lipinski definition) is 1. The van der Waals surface area contributed by atoms with Gasteiger partial charge in [-0.2, -0.15) is 0 Å². The molecule has 3 aromatic rings. The second-order valence-corrected chi connectivity index (χ2v) is 8.59. The molecule has 7 nitrogen and oxygen atoms in total. The number of sulfonamides is 1. The van der Waals surface area contributed by atoms with Gasteiger partial charge in [0.25, 0.3) is 10.0 Å². The third-order valence-electron chi connectivity index (χ3n) is 4.88. The van der Waals surface area contributed by atoms with E-state index in [0.717, 1.165) is 23.3 Å². The summed E-state index contributed by atoms with van der Waals surface area (Å²) < 4.78 is 50.5. The first-order valence-corrected chi connectivity index (χ1v) is 11.2. The van der Waals surface area contributed by atoms with Gasteiger partial charge >= 0.3 is 0 Å². The van der Waals surface area contributed by atoms with E-state index in [1.165, 1.54) is 12.1 Å². The quantitative estimate of drug-likeness (QED) is 0.613. The van der Waals surface area contributed by atoms with E-state index >= 15 is 0 Å². The van der Waals surface area contributed by atoms with Gasteiger partial charge in [-0.3, -0.25) is 4.72 Å². The molecule has 0 aliphatic carbocycles. The molecular formula is C23H23NO6S. The topological polar surface area (TPSA) is 83.1 Å². The van der Waals surface area contributed by atoms with Gasteiger partial charge < -0.3 is 18.9 Å². The van der Waals surface area contributed by atoms with Crippen molar-refractivity contribution in [3.8, 4) is 34.1 Å². The third kappa shape index (κ3) is 4.54. The molecule has 0 saturated heterocycles. The number of hydrogen-bond acceptors (Lipinski definition) is 6. The highest BCUT2D eigenvalue weighted by Gasteiger charge is 2.20. The van der Waals surface area contributed by atoms with E-state index in [4.69, 9.17) is 18.9 Å². The molecule has 1 aliphatic heterocycles. The number of fused-ring (bicyclic) bond motifs is 1. The van der Waals surface area contributed by atoms with Gasteiger partial charge in [0.15, 0.2) is 11.5 Å². The summed E-state index contributed by atoms with van der Waals surface area (Å²) in [5, 5.41) is 0. The molecule has 0 atom stereocenters. The monoisotopic (exact) mass is 441 g/mol. The first-order valence-electron chi connectivity index (χ1n) is 9.75. The molecule has 0 amide bonds. The highest BCUT2D eigenvalue weighted by molar-refractivity contribution is 7.92. The molecule has 0 unspecified atom stereocenters. The normalized spacial score (nSPS) is 13.2. The van der Waals surface area contributed by atoms with Crippen molar-refractivity contribution < 1.29 is 27.4 Å². The Morgan fingerprint density at radius 1 is 0.839 bits per heavy atom. The van der Waals surface area contributed by atoms with Crippen molar-refractivity contribution in [1.82, 2.24) is 0 Å². The van der Waals surface area contributed by atoms with Gasteiger partial charge in [0.05, 0.1) is 32.3 Å². The molecule has 0 spiro atoms. The summed E-state index contributed by atoms with van der Waals surface area (Å²) >= 11 is 0. The summed E-state index contributed by atoms with van der Waals surface area (Å²) in [7, 11) is -0.659. The number of anilines is 1. The fourth-order valence-corrected chi connectivity index (χ4v) is 4.36. The van der Waals surface area contributed by atoms with Crippen LogP contribution in [0.1, 0.15) is 6.42 Å². The minimum Gasteiger partial charge on any atom is -0.497 e. The fourth-order valence-electron chi connectivity index (χ4n) is 3.29. The van der Waals surface area contributed by atoms with Gasteiger partial charge in [0.2, 0.25) is 0 Å². The Hall–Kier alpha value is -3.39. The van der Waals surface area contributed by atoms with Crippen LogP contribution >= 0.6 is 0 Å². The summed E-state index contributed by atoms with van der Waals surface area (Å²) in [5.74, 6) is 2.33. The number of ether oxygens (including phenoxy) is 4. The Labute approximate surface area is 181 Å². The minimum absolute atomic E-state index is 0.0959. The second kappa shape index (κ2) is 8.77. The van der Waals surface area contributed by atoms with Crippen LogP contribution in [0.3, 0.4) is 0 Å². The molecule has 0 saturated carbocycles. The zero-order valence-electron chi connectivity index (χ0n) is 17.3. The largest absolute Gasteiger partial charge is 0.497 e. The second-order valence-electron chi connectivity index (χ2n) is 6.91. The maximum atomic E-state index is 13.0. The van der Waals surface area contributed by atoms with Gasteiger partial charge in [-0.05, 0) is 48.0 Å². The molecule has 0 aromatic heterocycles. The first-order chi connectivity index (χ1) is 15.0. The van der Waals surface area contributed by atoms with Crippen LogP contribution in [0.2, 0.25) is 0 Å². The highest BCUT2D eigenvalue weighted by atomic mass is 32.2. The zero-order chi connectivity index (χ0) is 21.8. The number of methoxy groups -OCH3 is 2. The van der Waals surface area contributed by atoms with Crippen LogP contribution in [0.25, 0.3) is 11.1 Å². The summed E-state index contributed by atoms with van der Waals surface area (Å²) in [6.07, 6.45) is 0.745. The highest BCUT2D eigenvalue weighted by Crippen LogP contribution is 2.35. The SMILES string of the molecule is COc1ccc(-c2cc(NS(=O)(=O)c3ccc4c(c3)OCCCO4)ccc2OC)cc1. The number of rotatable bonds is 6. The van der Waals surface area contributed by atoms with Crippen molar-refractivity contribution in [1.29, 1.82) is 0 Å². The summed E-state index contributed by atoms with van der Waals surface area (Å²) in [5.41, 5.74) is 2.04. The fraction of sp³-hybridized carbons (Fsp3) is 0.217. The molecule has 1 N–H and O–H groups in total. The Kier molecular flexibility index (Phi) is 5.90. The van der Waals surface area contributed by atoms with Crippen molar-refractivity contribution in [2.24, 2.45) is 0 Å². The predicted octanol–water partition coefficient (Wildman–Crippen LogP) is 4.33. The van der Waals surface area contributed by atoms with Crippen molar-refractivity contribution in [2.45, 2.75) is 11.3 Å². The summed E-state index contributed by atoms with van der Waals surface area (Å²) in [6, 6.07) is 17.2. The van der Waals surface area contributed by atoms with Crippen LogP contribution in [0, 0.1) is 0 Å². The van der Waals surface area contributed by atoms with E-state index in [2.05, 4.69) is 4.72 Å². The molecular weight excluding hydrogens is 418 g/mol. The van der Waals surface area contributed by atoms with Gasteiger partial charge in [-0.1, -0.05) is 12.1 Å². The maximum Gasteiger partial charge on any atom is 0.262 e. The molecule has 31 heavy (non-hydrogen) atoms. The van der Waals surface area contributed by atoms with Crippen molar-refractivity contribution in [2.75, 3.05) is 32.2 Å². The summed E-state index contributed by atoms with van der Waals surface area (Å²) in [6.45, 7) is 1.02. The smallest absolute Gasteiger partial charge is 0.262 e. The maximum absolute atomic E-state index is 13.0. The standard InChI is InChI=1S/C23H23NO6S/c1-27-18-7-4-16(5-8-18)20-14-17(6-10-21(20)28-2)24-31(25,26)19-9-11-22-23(15-19)30-13-3-12-29-22/h4-11,14-15,24H,3,12-13H2,1-2H3. The van der Waals surface area contributed by atoms with Crippen LogP contribution < -0.4 is 23.7 Å². The van der Waals surface area contributed by atoms with E-state index < -0.39 is 10.0 Å². The third-order valence-corrected chi connectivity index (χ3v) is 6.26. The van der Waals surface area contributed by atoms with Crippen LogP contribution in [0.4, 0.5) is 5.69 Å². The van der Waals surface area contributed by atoms with E-state index in [0.29, 0.717) is 36.1 Å². The molecule has 0 bridgehead atoms. The molecule has 1 heterocycles. The number of nitrogens with one attached hydrogen (secondary N) is 1. The van der Waals surface area contributed by atoms with Crippen LogP contribution in [0.15, 0.2) is 65.6 Å². The van der Waals surface area contributed by atoms with Crippen molar-refractivity contribution >= 4 is 15.7 Å². The van der Waals surface area contributed by atoms with Gasteiger partial charge in [-0.15, -0.1) is 0 Å². The lowest BCUT2D eigenvalue weighted by Gasteiger charge is -2.14. The first kappa shape index (κ1) is 20.9. The van der Waals surface area contributed by atoms with Crippen LogP contribution in [-0.2, 0) is 10.0 Å². The molecule has 162 valence electrons. The van der Waals surface area contributed by atoms with E-state index in [1.54, 1.807) is 38.5 Å². The number of benzene rings is 3. The molecule has 0 fully saturated rings. The average Bonchev–Trinajstić information content (AvgIpc) is 3.04. The lowest BCUT2D eigenvalue weighted by Crippen LogP contribution is -2.13. The predicted molar refractivity (Wildman–Crippen MR) is 118 cm³/mol. The molecule has 3 aromatic carbocycles. The Balaban J connectivity index is 1.64. The van der Waals surface area contributed by atoms with Crippen LogP contribution in [0.5, 0.6) is 23.0 Å². The average molecular weight is 442 g/mol. The van der Waals surface area contributed by atoms with E-state index in [-0.39, 0.29) is 4.90 Å².